The first-order valence-corrected chi connectivity index (χ1v) is 10.6. The van der Waals surface area contributed by atoms with E-state index in [0.717, 1.165) is 22.3 Å². The van der Waals surface area contributed by atoms with E-state index in [1.807, 2.05) is 36.4 Å². The number of halogens is 1. The molecule has 7 nitrogen and oxygen atoms in total. The Morgan fingerprint density at radius 1 is 0.938 bits per heavy atom. The minimum atomic E-state index is -1.15. The van der Waals surface area contributed by atoms with Crippen LogP contribution in [-0.4, -0.2) is 36.2 Å². The number of carboxylic acid groups (broad SMARTS) is 1. The van der Waals surface area contributed by atoms with Gasteiger partial charge in [-0.2, -0.15) is 0 Å². The van der Waals surface area contributed by atoms with Crippen LogP contribution in [0.1, 0.15) is 27.4 Å². The van der Waals surface area contributed by atoms with Crippen LogP contribution in [0.15, 0.2) is 71.2 Å². The summed E-state index contributed by atoms with van der Waals surface area (Å²) < 4.78 is 6.07. The molecule has 3 aromatic carbocycles. The van der Waals surface area contributed by atoms with Crippen LogP contribution in [0, 0.1) is 0 Å². The number of nitrogens with one attached hydrogen (secondary N) is 2. The Morgan fingerprint density at radius 3 is 2.19 bits per heavy atom. The minimum absolute atomic E-state index is 0.0620. The Bertz CT molecular complexity index is 1160. The highest BCUT2D eigenvalue weighted by molar-refractivity contribution is 9.10. The van der Waals surface area contributed by atoms with Crippen LogP contribution in [0.5, 0.6) is 0 Å². The van der Waals surface area contributed by atoms with E-state index in [-0.39, 0.29) is 18.1 Å². The SMILES string of the molecule is O=C(O)CNC(=O)c1cc(Br)cc(NC(=O)OCC2c3ccccc3-c3ccccc32)c1. The summed E-state index contributed by atoms with van der Waals surface area (Å²) >= 11 is 3.29. The van der Waals surface area contributed by atoms with Crippen molar-refractivity contribution in [2.45, 2.75) is 5.92 Å². The lowest BCUT2D eigenvalue weighted by Gasteiger charge is -2.15. The molecule has 0 saturated carbocycles. The van der Waals surface area contributed by atoms with Crippen LogP contribution >= 0.6 is 15.9 Å². The third-order valence-electron chi connectivity index (χ3n) is 5.15. The summed E-state index contributed by atoms with van der Waals surface area (Å²) in [5.41, 5.74) is 5.05. The lowest BCUT2D eigenvalue weighted by Crippen LogP contribution is -2.29. The van der Waals surface area contributed by atoms with E-state index >= 15 is 0 Å². The number of rotatable bonds is 6. The van der Waals surface area contributed by atoms with E-state index in [9.17, 15) is 14.4 Å². The fourth-order valence-electron chi connectivity index (χ4n) is 3.80. The highest BCUT2D eigenvalue weighted by Gasteiger charge is 2.29. The van der Waals surface area contributed by atoms with Crippen molar-refractivity contribution in [2.24, 2.45) is 0 Å². The monoisotopic (exact) mass is 494 g/mol. The number of hydrogen-bond donors (Lipinski definition) is 3. The number of amides is 2. The van der Waals surface area contributed by atoms with E-state index in [4.69, 9.17) is 9.84 Å². The van der Waals surface area contributed by atoms with Gasteiger partial charge in [0.05, 0.1) is 0 Å². The Balaban J connectivity index is 1.44. The Kier molecular flexibility index (Phi) is 6.23. The lowest BCUT2D eigenvalue weighted by molar-refractivity contribution is -0.135. The first-order valence-electron chi connectivity index (χ1n) is 9.85. The molecule has 3 N–H and O–H groups in total. The molecule has 1 aliphatic rings. The van der Waals surface area contributed by atoms with Crippen molar-refractivity contribution in [3.63, 3.8) is 0 Å². The van der Waals surface area contributed by atoms with E-state index in [0.29, 0.717) is 10.2 Å². The zero-order valence-electron chi connectivity index (χ0n) is 16.8. The number of ether oxygens (including phenoxy) is 1. The fourth-order valence-corrected chi connectivity index (χ4v) is 4.30. The Labute approximate surface area is 192 Å². The molecule has 0 spiro atoms. The van der Waals surface area contributed by atoms with Crippen LogP contribution in [0.2, 0.25) is 0 Å². The maximum Gasteiger partial charge on any atom is 0.411 e. The van der Waals surface area contributed by atoms with Gasteiger partial charge in [-0.1, -0.05) is 64.5 Å². The van der Waals surface area contributed by atoms with Gasteiger partial charge < -0.3 is 15.2 Å². The molecule has 0 fully saturated rings. The van der Waals surface area contributed by atoms with E-state index in [1.165, 1.54) is 12.1 Å². The molecule has 4 rings (SSSR count). The first kappa shape index (κ1) is 21.6. The van der Waals surface area contributed by atoms with Crippen molar-refractivity contribution < 1.29 is 24.2 Å². The predicted octanol–water partition coefficient (Wildman–Crippen LogP) is 4.62. The molecule has 0 atom stereocenters. The summed E-state index contributed by atoms with van der Waals surface area (Å²) in [5.74, 6) is -1.78. The van der Waals surface area contributed by atoms with Gasteiger partial charge in [0.2, 0.25) is 0 Å². The van der Waals surface area contributed by atoms with Crippen LogP contribution in [0.4, 0.5) is 10.5 Å². The van der Waals surface area contributed by atoms with E-state index in [1.54, 1.807) is 6.07 Å². The van der Waals surface area contributed by atoms with Gasteiger partial charge in [-0.25, -0.2) is 4.79 Å². The second-order valence-corrected chi connectivity index (χ2v) is 8.17. The molecule has 32 heavy (non-hydrogen) atoms. The summed E-state index contributed by atoms with van der Waals surface area (Å²) in [5, 5.41) is 13.6. The Hall–Kier alpha value is -3.65. The zero-order chi connectivity index (χ0) is 22.7. The molecular weight excluding hydrogens is 476 g/mol. The van der Waals surface area contributed by atoms with Crippen molar-refractivity contribution in [1.29, 1.82) is 0 Å². The number of carbonyl (C=O) groups is 3. The van der Waals surface area contributed by atoms with Gasteiger partial charge in [-0.3, -0.25) is 14.9 Å². The average molecular weight is 495 g/mol. The summed E-state index contributed by atoms with van der Waals surface area (Å²) in [6.45, 7) is -0.333. The summed E-state index contributed by atoms with van der Waals surface area (Å²) in [6.07, 6.45) is -0.651. The molecule has 0 aliphatic heterocycles. The summed E-state index contributed by atoms with van der Waals surface area (Å²) in [4.78, 5) is 35.3. The molecule has 0 heterocycles. The summed E-state index contributed by atoms with van der Waals surface area (Å²) in [6, 6.07) is 20.7. The first-order chi connectivity index (χ1) is 15.4. The van der Waals surface area contributed by atoms with E-state index in [2.05, 4.69) is 38.7 Å². The maximum absolute atomic E-state index is 12.5. The number of benzene rings is 3. The second kappa shape index (κ2) is 9.23. The quantitative estimate of drug-likeness (QED) is 0.463. The van der Waals surface area contributed by atoms with Gasteiger partial charge in [0.1, 0.15) is 13.2 Å². The predicted molar refractivity (Wildman–Crippen MR) is 123 cm³/mol. The van der Waals surface area contributed by atoms with Gasteiger partial charge in [0.25, 0.3) is 5.91 Å². The third-order valence-corrected chi connectivity index (χ3v) is 5.61. The molecule has 0 aromatic heterocycles. The molecule has 2 amide bonds. The van der Waals surface area contributed by atoms with Gasteiger partial charge >= 0.3 is 12.1 Å². The highest BCUT2D eigenvalue weighted by Crippen LogP contribution is 2.44. The lowest BCUT2D eigenvalue weighted by atomic mass is 9.98. The minimum Gasteiger partial charge on any atom is -0.480 e. The molecule has 0 unspecified atom stereocenters. The average Bonchev–Trinajstić information content (AvgIpc) is 3.09. The molecule has 1 aliphatic carbocycles. The Morgan fingerprint density at radius 2 is 1.56 bits per heavy atom. The molecule has 0 saturated heterocycles. The van der Waals surface area contributed by atoms with Crippen molar-refractivity contribution >= 4 is 39.6 Å². The van der Waals surface area contributed by atoms with Crippen LogP contribution in [-0.2, 0) is 9.53 Å². The van der Waals surface area contributed by atoms with Crippen LogP contribution < -0.4 is 10.6 Å². The maximum atomic E-state index is 12.5. The summed E-state index contributed by atoms with van der Waals surface area (Å²) in [7, 11) is 0. The third kappa shape index (κ3) is 4.65. The number of carboxylic acids is 1. The number of aliphatic carboxylic acids is 1. The number of carbonyl (C=O) groups excluding carboxylic acids is 2. The second-order valence-electron chi connectivity index (χ2n) is 7.26. The number of anilines is 1. The topological polar surface area (TPSA) is 105 Å². The smallest absolute Gasteiger partial charge is 0.411 e. The van der Waals surface area contributed by atoms with E-state index < -0.39 is 24.5 Å². The van der Waals surface area contributed by atoms with Gasteiger partial charge in [0.15, 0.2) is 0 Å². The zero-order valence-corrected chi connectivity index (χ0v) is 18.4. The number of fused-ring (bicyclic) bond motifs is 3. The standard InChI is InChI=1S/C24H19BrN2O5/c25-15-9-14(23(30)26-12-22(28)29)10-16(11-15)27-24(31)32-13-21-19-7-3-1-5-17(19)18-6-2-4-8-20(18)21/h1-11,21H,12-13H2,(H,26,30)(H,27,31)(H,28,29). The molecule has 3 aromatic rings. The van der Waals surface area contributed by atoms with Crippen molar-refractivity contribution in [1.82, 2.24) is 5.32 Å². The normalized spacial score (nSPS) is 11.9. The van der Waals surface area contributed by atoms with Gasteiger partial charge in [-0.15, -0.1) is 0 Å². The van der Waals surface area contributed by atoms with Crippen LogP contribution in [0.25, 0.3) is 11.1 Å². The number of hydrogen-bond acceptors (Lipinski definition) is 4. The molecule has 8 heteroatoms. The fraction of sp³-hybridized carbons (Fsp3) is 0.125. The largest absolute Gasteiger partial charge is 0.480 e. The van der Waals surface area contributed by atoms with Crippen molar-refractivity contribution in [3.8, 4) is 11.1 Å². The highest BCUT2D eigenvalue weighted by atomic mass is 79.9. The van der Waals surface area contributed by atoms with Crippen LogP contribution in [0.3, 0.4) is 0 Å². The van der Waals surface area contributed by atoms with Gasteiger partial charge in [0, 0.05) is 21.6 Å². The molecular formula is C24H19BrN2O5. The van der Waals surface area contributed by atoms with Crippen molar-refractivity contribution in [3.05, 3.63) is 87.9 Å². The molecule has 0 radical (unpaired) electrons. The molecule has 162 valence electrons. The van der Waals surface area contributed by atoms with Gasteiger partial charge in [-0.05, 0) is 40.5 Å². The molecule has 0 bridgehead atoms. The van der Waals surface area contributed by atoms with Crippen molar-refractivity contribution in [2.75, 3.05) is 18.5 Å².